The van der Waals surface area contributed by atoms with Crippen LogP contribution in [0.4, 0.5) is 22.7 Å². The van der Waals surface area contributed by atoms with Crippen molar-refractivity contribution >= 4 is 66.5 Å². The van der Waals surface area contributed by atoms with Crippen molar-refractivity contribution in [3.8, 4) is 39.6 Å². The van der Waals surface area contributed by atoms with Crippen LogP contribution in [0.25, 0.3) is 71.8 Å². The number of nitrogens with zero attached hydrogens (tertiary/aromatic N) is 4. The zero-order valence-electron chi connectivity index (χ0n) is 51.0. The van der Waals surface area contributed by atoms with Crippen LogP contribution in [0, 0.1) is 0 Å². The Labute approximate surface area is 486 Å². The lowest BCUT2D eigenvalue weighted by molar-refractivity contribution is 0.438. The second-order valence-electron chi connectivity index (χ2n) is 27.5. The van der Waals surface area contributed by atoms with Crippen molar-refractivity contribution in [2.24, 2.45) is 0 Å². The normalized spacial score (nSPS) is 13.5. The maximum atomic E-state index is 7.03. The Kier molecular flexibility index (Phi) is 13.2. The molecule has 0 bridgehead atoms. The molecule has 6 heteroatoms. The minimum atomic E-state index is -0.0541. The van der Waals surface area contributed by atoms with Gasteiger partial charge in [0.1, 0.15) is 35.2 Å². The van der Waals surface area contributed by atoms with E-state index in [1.807, 2.05) is 12.3 Å². The maximum Gasteiger partial charge on any atom is 0.145 e. The molecule has 82 heavy (non-hydrogen) atoms. The Morgan fingerprint density at radius 2 is 1.01 bits per heavy atom. The lowest BCUT2D eigenvalue weighted by atomic mass is 9.77. The summed E-state index contributed by atoms with van der Waals surface area (Å²) in [6, 6.07) is 62.8. The van der Waals surface area contributed by atoms with Crippen molar-refractivity contribution in [1.82, 2.24) is 9.55 Å². The minimum Gasteiger partial charge on any atom is -0.457 e. The molecule has 0 amide bonds. The van der Waals surface area contributed by atoms with E-state index in [-0.39, 0.29) is 27.1 Å². The highest BCUT2D eigenvalue weighted by molar-refractivity contribution is 6.24. The first kappa shape index (κ1) is 54.5. The smallest absolute Gasteiger partial charge is 0.145 e. The lowest BCUT2D eigenvalue weighted by Crippen LogP contribution is -2.25. The zero-order valence-corrected chi connectivity index (χ0v) is 51.0. The molecule has 416 valence electrons. The van der Waals surface area contributed by atoms with Gasteiger partial charge in [-0.1, -0.05) is 195 Å². The number of aromatic nitrogens is 2. The van der Waals surface area contributed by atoms with Crippen LogP contribution in [0.3, 0.4) is 0 Å². The van der Waals surface area contributed by atoms with Gasteiger partial charge >= 0.3 is 0 Å². The molecule has 1 aliphatic rings. The number of furan rings is 1. The summed E-state index contributed by atoms with van der Waals surface area (Å²) in [4.78, 5) is 10.1. The van der Waals surface area contributed by atoms with Crippen molar-refractivity contribution in [2.75, 3.05) is 16.5 Å². The largest absolute Gasteiger partial charge is 0.457 e. The van der Waals surface area contributed by atoms with Crippen LogP contribution < -0.4 is 14.5 Å². The summed E-state index contributed by atoms with van der Waals surface area (Å²) in [6.45, 7) is 35.5. The number of benzene rings is 8. The molecule has 8 aromatic carbocycles. The van der Waals surface area contributed by atoms with Gasteiger partial charge in [0.2, 0.25) is 0 Å². The third-order valence-electron chi connectivity index (χ3n) is 17.8. The molecule has 0 saturated carbocycles. The molecule has 11 aromatic rings. The number of pyridine rings is 1. The second-order valence-corrected chi connectivity index (χ2v) is 27.5. The number of rotatable bonds is 10. The van der Waals surface area contributed by atoms with Crippen LogP contribution in [0.5, 0.6) is 11.5 Å². The summed E-state index contributed by atoms with van der Waals surface area (Å²) >= 11 is 0. The predicted molar refractivity (Wildman–Crippen MR) is 348 cm³/mol. The summed E-state index contributed by atoms with van der Waals surface area (Å²) in [5.74, 6) is 2.36. The van der Waals surface area contributed by atoms with Crippen molar-refractivity contribution in [2.45, 2.75) is 144 Å². The third kappa shape index (κ3) is 9.62. The van der Waals surface area contributed by atoms with Crippen LogP contribution in [0.2, 0.25) is 0 Å². The van der Waals surface area contributed by atoms with Gasteiger partial charge in [0.05, 0.1) is 33.5 Å². The highest BCUT2D eigenvalue weighted by Gasteiger charge is 2.34. The molecule has 0 saturated heterocycles. The van der Waals surface area contributed by atoms with E-state index in [0.717, 1.165) is 91.0 Å². The molecular weight excluding hydrogens is 1000 g/mol. The average molecular weight is 1080 g/mol. The molecule has 0 fully saturated rings. The zero-order chi connectivity index (χ0) is 57.8. The van der Waals surface area contributed by atoms with E-state index in [1.54, 1.807) is 0 Å². The molecule has 0 spiro atoms. The van der Waals surface area contributed by atoms with Gasteiger partial charge in [0, 0.05) is 51.3 Å². The van der Waals surface area contributed by atoms with Crippen LogP contribution in [0.15, 0.2) is 180 Å². The van der Waals surface area contributed by atoms with Crippen LogP contribution in [-0.4, -0.2) is 16.2 Å². The van der Waals surface area contributed by atoms with E-state index in [0.29, 0.717) is 6.67 Å². The van der Waals surface area contributed by atoms with Crippen molar-refractivity contribution in [3.05, 3.63) is 204 Å². The van der Waals surface area contributed by atoms with Gasteiger partial charge in [-0.2, -0.15) is 0 Å². The number of hydrogen-bond donors (Lipinski definition) is 0. The van der Waals surface area contributed by atoms with Crippen molar-refractivity contribution < 1.29 is 9.15 Å². The molecule has 0 unspecified atom stereocenters. The van der Waals surface area contributed by atoms with Gasteiger partial charge in [-0.15, -0.1) is 0 Å². The van der Waals surface area contributed by atoms with Crippen LogP contribution >= 0.6 is 0 Å². The molecule has 0 aliphatic carbocycles. The summed E-state index contributed by atoms with van der Waals surface area (Å²) in [7, 11) is 0. The first-order valence-corrected chi connectivity index (χ1v) is 29.6. The van der Waals surface area contributed by atoms with Gasteiger partial charge in [-0.3, -0.25) is 4.57 Å². The number of hydrogen-bond acceptors (Lipinski definition) is 5. The van der Waals surface area contributed by atoms with Gasteiger partial charge in [-0.25, -0.2) is 4.98 Å². The Morgan fingerprint density at radius 1 is 0.463 bits per heavy atom. The molecule has 1 aliphatic heterocycles. The van der Waals surface area contributed by atoms with Gasteiger partial charge in [-0.05, 0) is 146 Å². The van der Waals surface area contributed by atoms with Crippen molar-refractivity contribution in [1.29, 1.82) is 0 Å². The topological polar surface area (TPSA) is 46.7 Å². The average Bonchev–Trinajstić information content (AvgIpc) is 3.43. The number of para-hydroxylation sites is 4. The fourth-order valence-electron chi connectivity index (χ4n) is 12.2. The Bertz CT molecular complexity index is 4110. The van der Waals surface area contributed by atoms with Crippen LogP contribution in [-0.2, 0) is 27.1 Å². The number of ether oxygens (including phenoxy) is 1. The fourth-order valence-corrected chi connectivity index (χ4v) is 12.2. The molecule has 3 aromatic heterocycles. The minimum absolute atomic E-state index is 0.0166. The fraction of sp³-hybridized carbons (Fsp3) is 0.303. The Morgan fingerprint density at radius 3 is 1.61 bits per heavy atom. The molecule has 6 nitrogen and oxygen atoms in total. The van der Waals surface area contributed by atoms with E-state index in [1.165, 1.54) is 55.8 Å². The quantitative estimate of drug-likeness (QED) is 0.137. The lowest BCUT2D eigenvalue weighted by Gasteiger charge is -2.31. The number of fused-ring (bicyclic) bond motifs is 8. The second kappa shape index (κ2) is 19.8. The van der Waals surface area contributed by atoms with Gasteiger partial charge in [0.25, 0.3) is 0 Å². The summed E-state index contributed by atoms with van der Waals surface area (Å²) in [5, 5.41) is 4.35. The predicted octanol–water partition coefficient (Wildman–Crippen LogP) is 21.7. The molecule has 0 atom stereocenters. The highest BCUT2D eigenvalue weighted by Crippen LogP contribution is 2.52. The highest BCUT2D eigenvalue weighted by atomic mass is 16.5. The molecule has 0 N–H and O–H groups in total. The number of anilines is 4. The maximum absolute atomic E-state index is 7.03. The summed E-state index contributed by atoms with van der Waals surface area (Å²) < 4.78 is 16.1. The van der Waals surface area contributed by atoms with Gasteiger partial charge < -0.3 is 19.0 Å². The summed E-state index contributed by atoms with van der Waals surface area (Å²) in [5.41, 5.74) is 19.6. The Balaban J connectivity index is 0.989. The summed E-state index contributed by atoms with van der Waals surface area (Å²) in [6.07, 6.45) is 4.03. The molecular formula is C76H80N4O2. The van der Waals surface area contributed by atoms with E-state index >= 15 is 0 Å². The third-order valence-corrected chi connectivity index (χ3v) is 17.8. The molecule has 4 heterocycles. The monoisotopic (exact) mass is 1080 g/mol. The van der Waals surface area contributed by atoms with E-state index in [4.69, 9.17) is 14.1 Å². The first-order chi connectivity index (χ1) is 38.9. The van der Waals surface area contributed by atoms with E-state index in [2.05, 4.69) is 282 Å². The Hall–Kier alpha value is -8.09. The van der Waals surface area contributed by atoms with Gasteiger partial charge in [0.15, 0.2) is 0 Å². The SMILES string of the molecule is CCC(C)(CC)c1ccnc(-n2c3cc(Oc4cccc(N5CN(c6c(-c7cc(C(C)(C)C)cc(C(C)(C)C)c7)cccc6-c6cc(C(C)(C)C)cc(C(C)(C)C)c6)c6ccccc65)c4)ccc3c3c4oc5ccccc5c4ccc32)c1. The van der Waals surface area contributed by atoms with E-state index in [9.17, 15) is 0 Å². The standard InChI is InChI=1S/C76H80N4O2/c1-16-76(15,17-2)50-36-37-77-68(44-50)80-65-35-34-61-60-26-18-21-31-67(60)82-71(61)69(65)62-33-32-57(46-66(62)80)81-56-25-22-24-55(45-56)78-47-79(64-30-20-19-29-63(64)78)70-58(48-38-51(72(3,4)5)42-52(39-48)73(6,7)8)27-23-28-59(70)49-40-53(74(9,10)11)43-54(41-49)75(12,13)14/h18-46H,16-17,47H2,1-15H3. The van der Waals surface area contributed by atoms with Crippen LogP contribution in [0.1, 0.15) is 145 Å². The first-order valence-electron chi connectivity index (χ1n) is 29.6. The van der Waals surface area contributed by atoms with E-state index < -0.39 is 0 Å². The molecule has 0 radical (unpaired) electrons. The van der Waals surface area contributed by atoms with Crippen molar-refractivity contribution in [3.63, 3.8) is 0 Å². The molecule has 12 rings (SSSR count).